The topological polar surface area (TPSA) is 112 Å². The molecule has 1 atom stereocenters. The Bertz CT molecular complexity index is 922. The van der Waals surface area contributed by atoms with Crippen molar-refractivity contribution < 1.29 is 32.7 Å². The predicted octanol–water partition coefficient (Wildman–Crippen LogP) is 2.49. The Labute approximate surface area is 156 Å². The first kappa shape index (κ1) is 19.0. The zero-order valence-corrected chi connectivity index (χ0v) is 14.1. The van der Waals surface area contributed by atoms with Crippen LogP contribution < -0.4 is 19.6 Å². The molecule has 0 fully saturated rings. The number of fused-ring (bicyclic) bond motifs is 1. The molecule has 0 saturated heterocycles. The van der Waals surface area contributed by atoms with Crippen molar-refractivity contribution in [2.75, 3.05) is 6.61 Å². The van der Waals surface area contributed by atoms with E-state index in [1.165, 1.54) is 0 Å². The van der Waals surface area contributed by atoms with Gasteiger partial charge in [-0.25, -0.2) is 5.43 Å². The summed E-state index contributed by atoms with van der Waals surface area (Å²) in [7, 11) is 0. The highest BCUT2D eigenvalue weighted by molar-refractivity contribution is 5.87. The van der Waals surface area contributed by atoms with Crippen LogP contribution in [0.4, 0.5) is 14.5 Å². The highest BCUT2D eigenvalue weighted by atomic mass is 19.3. The van der Waals surface area contributed by atoms with E-state index in [9.17, 15) is 23.7 Å². The van der Waals surface area contributed by atoms with Gasteiger partial charge >= 0.3 is 6.61 Å². The summed E-state index contributed by atoms with van der Waals surface area (Å²) in [5, 5.41) is 14.5. The average Bonchev–Trinajstić information content (AvgIpc) is 2.68. The molecule has 1 amide bonds. The molecule has 0 bridgehead atoms. The summed E-state index contributed by atoms with van der Waals surface area (Å²) >= 11 is 0. The predicted molar refractivity (Wildman–Crippen MR) is 91.8 cm³/mol. The molecule has 0 radical (unpaired) electrons. The minimum atomic E-state index is -3.13. The molecular weight excluding hydrogens is 380 g/mol. The number of carbonyl (C=O) groups excluding carboxylic acids is 1. The number of hydrogen-bond acceptors (Lipinski definition) is 7. The lowest BCUT2D eigenvalue weighted by atomic mass is 10.2. The van der Waals surface area contributed by atoms with Crippen LogP contribution >= 0.6 is 0 Å². The van der Waals surface area contributed by atoms with Gasteiger partial charge in [-0.05, 0) is 18.2 Å². The van der Waals surface area contributed by atoms with Crippen LogP contribution in [0.25, 0.3) is 0 Å². The van der Waals surface area contributed by atoms with E-state index in [0.29, 0.717) is 11.5 Å². The van der Waals surface area contributed by atoms with Crippen LogP contribution in [0.2, 0.25) is 0 Å². The molecular formula is C17H13F2N3O6. The molecule has 9 nitrogen and oxygen atoms in total. The average molecular weight is 393 g/mol. The molecule has 1 N–H and O–H groups in total. The number of hydrazone groups is 1. The van der Waals surface area contributed by atoms with Gasteiger partial charge in [0.15, 0.2) is 11.5 Å². The van der Waals surface area contributed by atoms with Crippen molar-refractivity contribution in [2.24, 2.45) is 5.10 Å². The fourth-order valence-corrected chi connectivity index (χ4v) is 2.34. The lowest BCUT2D eigenvalue weighted by molar-refractivity contribution is -0.384. The molecule has 2 aromatic rings. The number of halogens is 2. The van der Waals surface area contributed by atoms with Gasteiger partial charge in [-0.15, -0.1) is 0 Å². The molecule has 0 aliphatic carbocycles. The number of rotatable bonds is 6. The Hall–Kier alpha value is -3.76. The van der Waals surface area contributed by atoms with Gasteiger partial charge in [0.05, 0.1) is 11.1 Å². The fourth-order valence-electron chi connectivity index (χ4n) is 2.34. The Balaban J connectivity index is 1.69. The Morgan fingerprint density at radius 3 is 2.79 bits per heavy atom. The van der Waals surface area contributed by atoms with Gasteiger partial charge in [0.1, 0.15) is 12.4 Å². The number of alkyl halides is 2. The maximum Gasteiger partial charge on any atom is 0.387 e. The second-order valence-corrected chi connectivity index (χ2v) is 5.46. The molecule has 2 aromatic carbocycles. The summed E-state index contributed by atoms with van der Waals surface area (Å²) in [6.45, 7) is -3.18. The van der Waals surface area contributed by atoms with Gasteiger partial charge < -0.3 is 14.2 Å². The third-order valence-corrected chi connectivity index (χ3v) is 3.60. The SMILES string of the molecule is O=C(NN=Cc1cc([N+](=O)[O-])ccc1OC(F)F)C1COc2ccccc2O1. The first-order valence-electron chi connectivity index (χ1n) is 7.88. The molecule has 0 spiro atoms. The van der Waals surface area contributed by atoms with Gasteiger partial charge in [-0.2, -0.15) is 13.9 Å². The van der Waals surface area contributed by atoms with E-state index in [1.807, 2.05) is 0 Å². The standard InChI is InChI=1S/C17H13F2N3O6/c18-17(19)28-12-6-5-11(22(24)25)7-10(12)8-20-21-16(23)15-9-26-13-3-1-2-4-14(13)27-15/h1-8,15,17H,9H2,(H,21,23). The number of benzene rings is 2. The summed E-state index contributed by atoms with van der Waals surface area (Å²) in [4.78, 5) is 22.3. The molecule has 1 unspecified atom stereocenters. The number of nitrogens with zero attached hydrogens (tertiary/aromatic N) is 2. The molecule has 3 rings (SSSR count). The van der Waals surface area contributed by atoms with Crippen LogP contribution in [0.5, 0.6) is 17.2 Å². The van der Waals surface area contributed by atoms with Gasteiger partial charge in [0, 0.05) is 17.7 Å². The van der Waals surface area contributed by atoms with E-state index in [0.717, 1.165) is 24.4 Å². The van der Waals surface area contributed by atoms with Crippen LogP contribution in [0.15, 0.2) is 47.6 Å². The van der Waals surface area contributed by atoms with Crippen molar-refractivity contribution in [3.8, 4) is 17.2 Å². The van der Waals surface area contributed by atoms with E-state index in [4.69, 9.17) is 9.47 Å². The lowest BCUT2D eigenvalue weighted by Crippen LogP contribution is -2.42. The molecule has 1 heterocycles. The number of non-ortho nitro benzene ring substituents is 1. The van der Waals surface area contributed by atoms with Crippen molar-refractivity contribution in [1.29, 1.82) is 0 Å². The molecule has 0 aromatic heterocycles. The van der Waals surface area contributed by atoms with Crippen LogP contribution in [-0.2, 0) is 4.79 Å². The maximum atomic E-state index is 12.5. The summed E-state index contributed by atoms with van der Waals surface area (Å²) in [6.07, 6.45) is -0.0193. The first-order chi connectivity index (χ1) is 13.4. The van der Waals surface area contributed by atoms with Crippen LogP contribution in [-0.4, -0.2) is 36.4 Å². The second-order valence-electron chi connectivity index (χ2n) is 5.46. The van der Waals surface area contributed by atoms with Gasteiger partial charge in [-0.1, -0.05) is 12.1 Å². The van der Waals surface area contributed by atoms with Gasteiger partial charge in [-0.3, -0.25) is 14.9 Å². The van der Waals surface area contributed by atoms with Crippen molar-refractivity contribution in [1.82, 2.24) is 5.43 Å². The summed E-state index contributed by atoms with van der Waals surface area (Å²) in [5.41, 5.74) is 1.71. The van der Waals surface area contributed by atoms with E-state index < -0.39 is 23.5 Å². The molecule has 1 aliphatic heterocycles. The van der Waals surface area contributed by atoms with Gasteiger partial charge in [0.25, 0.3) is 11.6 Å². The minimum Gasteiger partial charge on any atom is -0.485 e. The number of hydrogen-bond donors (Lipinski definition) is 1. The van der Waals surface area contributed by atoms with Crippen LogP contribution in [0.1, 0.15) is 5.56 Å². The molecule has 146 valence electrons. The van der Waals surface area contributed by atoms with Crippen LogP contribution in [0, 0.1) is 10.1 Å². The third-order valence-electron chi connectivity index (χ3n) is 3.60. The maximum absolute atomic E-state index is 12.5. The number of nitro groups is 1. The molecule has 1 aliphatic rings. The normalized spacial score (nSPS) is 15.5. The van der Waals surface area contributed by atoms with Crippen molar-refractivity contribution in [3.05, 3.63) is 58.1 Å². The number of ether oxygens (including phenoxy) is 3. The van der Waals surface area contributed by atoms with E-state index in [2.05, 4.69) is 15.3 Å². The summed E-state index contributed by atoms with van der Waals surface area (Å²) < 4.78 is 40.1. The monoisotopic (exact) mass is 393 g/mol. The fraction of sp³-hybridized carbons (Fsp3) is 0.176. The Morgan fingerprint density at radius 1 is 1.32 bits per heavy atom. The van der Waals surface area contributed by atoms with E-state index in [-0.39, 0.29) is 23.6 Å². The second kappa shape index (κ2) is 8.29. The number of nitrogens with one attached hydrogen (secondary N) is 1. The molecule has 11 heteroatoms. The highest BCUT2D eigenvalue weighted by Gasteiger charge is 2.27. The van der Waals surface area contributed by atoms with E-state index in [1.54, 1.807) is 24.3 Å². The van der Waals surface area contributed by atoms with Crippen LogP contribution in [0.3, 0.4) is 0 Å². The largest absolute Gasteiger partial charge is 0.485 e. The lowest BCUT2D eigenvalue weighted by Gasteiger charge is -2.24. The van der Waals surface area contributed by atoms with E-state index >= 15 is 0 Å². The van der Waals surface area contributed by atoms with Crippen molar-refractivity contribution >= 4 is 17.8 Å². The zero-order valence-electron chi connectivity index (χ0n) is 14.1. The number of amides is 1. The summed E-state index contributed by atoms with van der Waals surface area (Å²) in [5.74, 6) is -0.0816. The van der Waals surface area contributed by atoms with Gasteiger partial charge in [0.2, 0.25) is 6.10 Å². The summed E-state index contributed by atoms with van der Waals surface area (Å²) in [6, 6.07) is 9.81. The Morgan fingerprint density at radius 2 is 2.07 bits per heavy atom. The smallest absolute Gasteiger partial charge is 0.387 e. The number of nitro benzene ring substituents is 1. The minimum absolute atomic E-state index is 0.0467. The number of carbonyl (C=O) groups is 1. The quantitative estimate of drug-likeness (QED) is 0.458. The highest BCUT2D eigenvalue weighted by Crippen LogP contribution is 2.30. The third kappa shape index (κ3) is 4.50. The number of para-hydroxylation sites is 2. The Kier molecular flexibility index (Phi) is 5.63. The zero-order chi connectivity index (χ0) is 20.1. The van der Waals surface area contributed by atoms with Crippen molar-refractivity contribution in [3.63, 3.8) is 0 Å². The molecule has 0 saturated carbocycles. The first-order valence-corrected chi connectivity index (χ1v) is 7.88. The van der Waals surface area contributed by atoms with Crippen molar-refractivity contribution in [2.45, 2.75) is 12.7 Å². The molecule has 28 heavy (non-hydrogen) atoms.